The first-order chi connectivity index (χ1) is 7.85. The van der Waals surface area contributed by atoms with Crippen molar-refractivity contribution in [2.75, 3.05) is 6.54 Å². The molecule has 0 aromatic carbocycles. The number of nitrogens with one attached hydrogen (secondary N) is 1. The number of fused-ring (bicyclic) bond motifs is 1. The van der Waals surface area contributed by atoms with Crippen molar-refractivity contribution in [3.8, 4) is 6.07 Å². The van der Waals surface area contributed by atoms with Crippen LogP contribution in [0.4, 0.5) is 0 Å². The highest BCUT2D eigenvalue weighted by Crippen LogP contribution is 2.30. The Kier molecular flexibility index (Phi) is 3.63. The Morgan fingerprint density at radius 1 is 1.56 bits per heavy atom. The molecule has 1 aromatic heterocycles. The van der Waals surface area contributed by atoms with Crippen LogP contribution in [0.25, 0.3) is 0 Å². The van der Waals surface area contributed by atoms with Gasteiger partial charge in [-0.15, -0.1) is 0 Å². The Labute approximate surface area is 97.1 Å². The Morgan fingerprint density at radius 3 is 3.19 bits per heavy atom. The normalized spacial score (nSPS) is 19.1. The predicted octanol–water partition coefficient (Wildman–Crippen LogP) is 2.39. The SMILES string of the molecule is CCCNC1CCCc2cn(CC#N)cc21. The molecule has 0 aliphatic heterocycles. The minimum absolute atomic E-state index is 0.466. The molecule has 1 aromatic rings. The number of hydrogen-bond donors (Lipinski definition) is 1. The summed E-state index contributed by atoms with van der Waals surface area (Å²) in [4.78, 5) is 0. The second-order valence-corrected chi connectivity index (χ2v) is 4.47. The second kappa shape index (κ2) is 5.18. The molecule has 1 aliphatic carbocycles. The van der Waals surface area contributed by atoms with Crippen molar-refractivity contribution in [2.24, 2.45) is 0 Å². The molecule has 3 heteroatoms. The molecule has 1 aliphatic rings. The van der Waals surface area contributed by atoms with E-state index in [1.165, 1.54) is 30.4 Å². The lowest BCUT2D eigenvalue weighted by Gasteiger charge is -2.23. The van der Waals surface area contributed by atoms with Crippen LogP contribution < -0.4 is 5.32 Å². The van der Waals surface area contributed by atoms with Crippen molar-refractivity contribution in [1.82, 2.24) is 9.88 Å². The van der Waals surface area contributed by atoms with Crippen LogP contribution in [0.1, 0.15) is 43.4 Å². The van der Waals surface area contributed by atoms with E-state index in [4.69, 9.17) is 5.26 Å². The van der Waals surface area contributed by atoms with Crippen molar-refractivity contribution in [2.45, 2.75) is 45.2 Å². The summed E-state index contributed by atoms with van der Waals surface area (Å²) in [5, 5.41) is 12.3. The van der Waals surface area contributed by atoms with Gasteiger partial charge in [0.25, 0.3) is 0 Å². The largest absolute Gasteiger partial charge is 0.340 e. The molecule has 3 nitrogen and oxygen atoms in total. The van der Waals surface area contributed by atoms with Crippen LogP contribution in [0.2, 0.25) is 0 Å². The van der Waals surface area contributed by atoms with E-state index in [1.807, 2.05) is 4.57 Å². The Bertz CT molecular complexity index is 386. The molecule has 16 heavy (non-hydrogen) atoms. The maximum atomic E-state index is 8.70. The smallest absolute Gasteiger partial charge is 0.109 e. The van der Waals surface area contributed by atoms with Crippen molar-refractivity contribution in [1.29, 1.82) is 5.26 Å². The van der Waals surface area contributed by atoms with Gasteiger partial charge in [0.15, 0.2) is 0 Å². The fourth-order valence-corrected chi connectivity index (χ4v) is 2.45. The molecule has 0 fully saturated rings. The van der Waals surface area contributed by atoms with E-state index >= 15 is 0 Å². The summed E-state index contributed by atoms with van der Waals surface area (Å²) in [5.74, 6) is 0. The number of nitriles is 1. The van der Waals surface area contributed by atoms with Gasteiger partial charge in [0, 0.05) is 18.4 Å². The van der Waals surface area contributed by atoms with Gasteiger partial charge in [-0.25, -0.2) is 0 Å². The summed E-state index contributed by atoms with van der Waals surface area (Å²) < 4.78 is 2.01. The maximum Gasteiger partial charge on any atom is 0.109 e. The third-order valence-corrected chi connectivity index (χ3v) is 3.21. The molecule has 0 amide bonds. The summed E-state index contributed by atoms with van der Waals surface area (Å²) in [7, 11) is 0. The zero-order chi connectivity index (χ0) is 11.4. The minimum atomic E-state index is 0.466. The quantitative estimate of drug-likeness (QED) is 0.841. The Morgan fingerprint density at radius 2 is 2.44 bits per heavy atom. The van der Waals surface area contributed by atoms with Crippen LogP contribution in [-0.4, -0.2) is 11.1 Å². The van der Waals surface area contributed by atoms with Crippen molar-refractivity contribution in [3.05, 3.63) is 23.5 Å². The number of rotatable bonds is 4. The number of hydrogen-bond acceptors (Lipinski definition) is 2. The molecule has 1 atom stereocenters. The molecule has 0 spiro atoms. The summed E-state index contributed by atoms with van der Waals surface area (Å²) in [6, 6.07) is 2.70. The summed E-state index contributed by atoms with van der Waals surface area (Å²) in [6.07, 6.45) is 9.10. The monoisotopic (exact) mass is 217 g/mol. The topological polar surface area (TPSA) is 40.8 Å². The highest BCUT2D eigenvalue weighted by Gasteiger charge is 2.21. The zero-order valence-corrected chi connectivity index (χ0v) is 9.87. The lowest BCUT2D eigenvalue weighted by atomic mass is 9.91. The van der Waals surface area contributed by atoms with Gasteiger partial charge in [0.1, 0.15) is 6.54 Å². The Balaban J connectivity index is 2.14. The lowest BCUT2D eigenvalue weighted by Crippen LogP contribution is -2.24. The van der Waals surface area contributed by atoms with Gasteiger partial charge in [-0.3, -0.25) is 0 Å². The van der Waals surface area contributed by atoms with Gasteiger partial charge in [-0.2, -0.15) is 5.26 Å². The molecule has 2 rings (SSSR count). The van der Waals surface area contributed by atoms with E-state index in [0.29, 0.717) is 12.6 Å². The second-order valence-electron chi connectivity index (χ2n) is 4.47. The van der Waals surface area contributed by atoms with Crippen LogP contribution in [0, 0.1) is 11.3 Å². The average Bonchev–Trinajstić information content (AvgIpc) is 2.69. The van der Waals surface area contributed by atoms with E-state index in [2.05, 4.69) is 30.7 Å². The first kappa shape index (κ1) is 11.2. The van der Waals surface area contributed by atoms with E-state index in [9.17, 15) is 0 Å². The van der Waals surface area contributed by atoms with Gasteiger partial charge in [0.2, 0.25) is 0 Å². The van der Waals surface area contributed by atoms with E-state index < -0.39 is 0 Å². The van der Waals surface area contributed by atoms with Gasteiger partial charge in [0.05, 0.1) is 6.07 Å². The first-order valence-corrected chi connectivity index (χ1v) is 6.14. The molecule has 1 heterocycles. The van der Waals surface area contributed by atoms with Gasteiger partial charge < -0.3 is 9.88 Å². The van der Waals surface area contributed by atoms with Gasteiger partial charge >= 0.3 is 0 Å². The van der Waals surface area contributed by atoms with Crippen LogP contribution in [0.5, 0.6) is 0 Å². The molecule has 0 radical (unpaired) electrons. The molecule has 1 unspecified atom stereocenters. The van der Waals surface area contributed by atoms with E-state index in [0.717, 1.165) is 13.0 Å². The summed E-state index contributed by atoms with van der Waals surface area (Å²) in [5.41, 5.74) is 2.84. The Hall–Kier alpha value is -1.27. The predicted molar refractivity (Wildman–Crippen MR) is 64.0 cm³/mol. The number of nitrogens with zero attached hydrogens (tertiary/aromatic N) is 2. The maximum absolute atomic E-state index is 8.70. The molecular formula is C13H19N3. The number of aromatic nitrogens is 1. The minimum Gasteiger partial charge on any atom is -0.340 e. The summed E-state index contributed by atoms with van der Waals surface area (Å²) >= 11 is 0. The molecule has 86 valence electrons. The fraction of sp³-hybridized carbons (Fsp3) is 0.615. The highest BCUT2D eigenvalue weighted by molar-refractivity contribution is 5.30. The molecule has 0 saturated heterocycles. The molecule has 0 bridgehead atoms. The zero-order valence-electron chi connectivity index (χ0n) is 9.87. The van der Waals surface area contributed by atoms with E-state index in [-0.39, 0.29) is 0 Å². The summed E-state index contributed by atoms with van der Waals surface area (Å²) in [6.45, 7) is 3.73. The number of aryl methyl sites for hydroxylation is 1. The van der Waals surface area contributed by atoms with Gasteiger partial charge in [-0.05, 0) is 43.4 Å². The van der Waals surface area contributed by atoms with Crippen LogP contribution in [0.3, 0.4) is 0 Å². The fourth-order valence-electron chi connectivity index (χ4n) is 2.45. The van der Waals surface area contributed by atoms with Crippen LogP contribution in [-0.2, 0) is 13.0 Å². The van der Waals surface area contributed by atoms with Crippen molar-refractivity contribution in [3.63, 3.8) is 0 Å². The van der Waals surface area contributed by atoms with Crippen LogP contribution >= 0.6 is 0 Å². The molecule has 1 N–H and O–H groups in total. The lowest BCUT2D eigenvalue weighted by molar-refractivity contribution is 0.462. The first-order valence-electron chi connectivity index (χ1n) is 6.14. The van der Waals surface area contributed by atoms with Crippen molar-refractivity contribution >= 4 is 0 Å². The molecule has 0 saturated carbocycles. The highest BCUT2D eigenvalue weighted by atomic mass is 15.0. The van der Waals surface area contributed by atoms with Crippen LogP contribution in [0.15, 0.2) is 12.4 Å². The van der Waals surface area contributed by atoms with E-state index in [1.54, 1.807) is 0 Å². The third-order valence-electron chi connectivity index (χ3n) is 3.21. The third kappa shape index (κ3) is 2.28. The molecular weight excluding hydrogens is 198 g/mol. The van der Waals surface area contributed by atoms with Crippen molar-refractivity contribution < 1.29 is 0 Å². The standard InChI is InChI=1S/C13H19N3/c1-2-7-15-13-5-3-4-11-9-16(8-6-14)10-12(11)13/h9-10,13,15H,2-5,7-8H2,1H3. The van der Waals surface area contributed by atoms with Gasteiger partial charge in [-0.1, -0.05) is 6.92 Å². The average molecular weight is 217 g/mol.